The average Bonchev–Trinajstić information content (AvgIpc) is 3.25. The molecule has 1 amide bonds. The summed E-state index contributed by atoms with van der Waals surface area (Å²) in [7, 11) is 1.67. The molecule has 0 radical (unpaired) electrons. The minimum Gasteiger partial charge on any atom is -0.497 e. The van der Waals surface area contributed by atoms with Crippen LogP contribution in [0.25, 0.3) is 10.8 Å². The molecule has 7 heteroatoms. The van der Waals surface area contributed by atoms with Crippen molar-refractivity contribution in [2.75, 3.05) is 26.8 Å². The fraction of sp³-hybridized carbons (Fsp3) is 0.350. The molecule has 140 valence electrons. The number of carbonyl (C=O) groups excluding carboxylic acids is 1. The highest BCUT2D eigenvalue weighted by Crippen LogP contribution is 2.28. The third kappa shape index (κ3) is 3.93. The van der Waals surface area contributed by atoms with Gasteiger partial charge in [-0.15, -0.1) is 0 Å². The summed E-state index contributed by atoms with van der Waals surface area (Å²) in [5.41, 5.74) is 1.08. The summed E-state index contributed by atoms with van der Waals surface area (Å²) < 4.78 is 12.9. The van der Waals surface area contributed by atoms with Crippen molar-refractivity contribution < 1.29 is 14.3 Å². The maximum absolute atomic E-state index is 12.5. The number of fused-ring (bicyclic) bond motifs is 1. The van der Waals surface area contributed by atoms with Crippen LogP contribution in [0.15, 0.2) is 49.1 Å². The first-order valence-electron chi connectivity index (χ1n) is 9.02. The van der Waals surface area contributed by atoms with E-state index in [0.717, 1.165) is 22.1 Å². The second-order valence-corrected chi connectivity index (χ2v) is 6.58. The molecule has 27 heavy (non-hydrogen) atoms. The van der Waals surface area contributed by atoms with Crippen molar-refractivity contribution in [1.29, 1.82) is 0 Å². The minimum absolute atomic E-state index is 0.111. The van der Waals surface area contributed by atoms with E-state index in [9.17, 15) is 4.79 Å². The van der Waals surface area contributed by atoms with E-state index < -0.39 is 0 Å². The highest BCUT2D eigenvalue weighted by atomic mass is 16.5. The maximum Gasteiger partial charge on any atom is 0.224 e. The molecule has 7 nitrogen and oxygen atoms in total. The Hall–Kier alpha value is -2.93. The molecule has 1 aromatic heterocycles. The van der Waals surface area contributed by atoms with Crippen LogP contribution in [0, 0.1) is 0 Å². The quantitative estimate of drug-likeness (QED) is 0.694. The number of aryl methyl sites for hydroxylation is 1. The summed E-state index contributed by atoms with van der Waals surface area (Å²) in [6, 6.07) is 12.3. The molecule has 2 aromatic carbocycles. The van der Waals surface area contributed by atoms with E-state index in [2.05, 4.69) is 28.3 Å². The normalized spacial score (nSPS) is 17.2. The molecule has 1 aliphatic rings. The van der Waals surface area contributed by atoms with Crippen molar-refractivity contribution in [3.05, 3.63) is 54.6 Å². The number of ether oxygens (including phenoxy) is 2. The van der Waals surface area contributed by atoms with Gasteiger partial charge < -0.3 is 14.4 Å². The number of amides is 1. The molecule has 0 bridgehead atoms. The Bertz CT molecular complexity index is 926. The Morgan fingerprint density at radius 2 is 2.11 bits per heavy atom. The van der Waals surface area contributed by atoms with E-state index in [1.807, 2.05) is 23.1 Å². The lowest BCUT2D eigenvalue weighted by Gasteiger charge is -2.33. The van der Waals surface area contributed by atoms with Crippen molar-refractivity contribution in [1.82, 2.24) is 19.7 Å². The van der Waals surface area contributed by atoms with Crippen LogP contribution in [0.3, 0.4) is 0 Å². The lowest BCUT2D eigenvalue weighted by atomic mass is 10.0. The number of hydrogen-bond donors (Lipinski definition) is 0. The van der Waals surface area contributed by atoms with Crippen LogP contribution in [-0.2, 0) is 16.1 Å². The van der Waals surface area contributed by atoms with E-state index in [1.165, 1.54) is 6.33 Å². The highest BCUT2D eigenvalue weighted by molar-refractivity contribution is 5.84. The van der Waals surface area contributed by atoms with Crippen LogP contribution in [0.5, 0.6) is 5.75 Å². The number of morpholine rings is 1. The molecule has 1 unspecified atom stereocenters. The van der Waals surface area contributed by atoms with Gasteiger partial charge in [-0.2, -0.15) is 5.10 Å². The van der Waals surface area contributed by atoms with Gasteiger partial charge in [0.15, 0.2) is 0 Å². The zero-order valence-electron chi connectivity index (χ0n) is 15.2. The van der Waals surface area contributed by atoms with Crippen LogP contribution in [0.1, 0.15) is 18.1 Å². The van der Waals surface area contributed by atoms with Gasteiger partial charge >= 0.3 is 0 Å². The number of nitrogens with zero attached hydrogens (tertiary/aromatic N) is 4. The molecular weight excluding hydrogens is 344 g/mol. The molecule has 1 saturated heterocycles. The minimum atomic E-state index is -0.111. The Morgan fingerprint density at radius 3 is 2.93 bits per heavy atom. The topological polar surface area (TPSA) is 69.5 Å². The Kier molecular flexibility index (Phi) is 5.02. The molecule has 2 heterocycles. The predicted octanol–water partition coefficient (Wildman–Crippen LogP) is 2.43. The molecule has 0 aliphatic carbocycles. The second kappa shape index (κ2) is 7.75. The first-order chi connectivity index (χ1) is 13.2. The number of benzene rings is 2. The molecule has 0 spiro atoms. The Morgan fingerprint density at radius 1 is 1.26 bits per heavy atom. The van der Waals surface area contributed by atoms with E-state index >= 15 is 0 Å². The van der Waals surface area contributed by atoms with E-state index in [1.54, 1.807) is 18.1 Å². The van der Waals surface area contributed by atoms with Crippen LogP contribution in [-0.4, -0.2) is 52.4 Å². The van der Waals surface area contributed by atoms with Gasteiger partial charge in [-0.1, -0.05) is 18.2 Å². The second-order valence-electron chi connectivity index (χ2n) is 6.58. The first kappa shape index (κ1) is 17.5. The number of rotatable bonds is 5. The molecule has 4 rings (SSSR count). The number of aromatic nitrogens is 3. The number of methoxy groups -OCH3 is 1. The lowest BCUT2D eigenvalue weighted by Crippen LogP contribution is -2.42. The van der Waals surface area contributed by atoms with Crippen LogP contribution < -0.4 is 4.74 Å². The van der Waals surface area contributed by atoms with Crippen molar-refractivity contribution in [2.45, 2.75) is 19.1 Å². The first-order valence-corrected chi connectivity index (χ1v) is 9.02. The van der Waals surface area contributed by atoms with Gasteiger partial charge in [-0.3, -0.25) is 9.48 Å². The fourth-order valence-electron chi connectivity index (χ4n) is 3.36. The van der Waals surface area contributed by atoms with Gasteiger partial charge in [-0.05, 0) is 34.5 Å². The summed E-state index contributed by atoms with van der Waals surface area (Å²) >= 11 is 0. The van der Waals surface area contributed by atoms with Crippen molar-refractivity contribution in [2.24, 2.45) is 0 Å². The zero-order chi connectivity index (χ0) is 18.6. The maximum atomic E-state index is 12.5. The van der Waals surface area contributed by atoms with Gasteiger partial charge in [0.2, 0.25) is 5.91 Å². The average molecular weight is 366 g/mol. The molecule has 1 atom stereocenters. The third-order valence-corrected chi connectivity index (χ3v) is 4.88. The smallest absolute Gasteiger partial charge is 0.224 e. The highest BCUT2D eigenvalue weighted by Gasteiger charge is 2.25. The number of hydrogen-bond acceptors (Lipinski definition) is 5. The van der Waals surface area contributed by atoms with Crippen LogP contribution in [0.2, 0.25) is 0 Å². The van der Waals surface area contributed by atoms with Crippen molar-refractivity contribution in [3.63, 3.8) is 0 Å². The van der Waals surface area contributed by atoms with E-state index in [-0.39, 0.29) is 12.0 Å². The zero-order valence-corrected chi connectivity index (χ0v) is 15.2. The van der Waals surface area contributed by atoms with E-state index in [0.29, 0.717) is 32.7 Å². The van der Waals surface area contributed by atoms with Gasteiger partial charge in [0.25, 0.3) is 0 Å². The SMILES string of the molecule is COc1ccc2cc(C3CN(C(=O)CCn4cncn4)CCO3)ccc2c1. The van der Waals surface area contributed by atoms with Crippen molar-refractivity contribution >= 4 is 16.7 Å². The summed E-state index contributed by atoms with van der Waals surface area (Å²) in [5, 5.41) is 6.29. The van der Waals surface area contributed by atoms with E-state index in [4.69, 9.17) is 9.47 Å². The van der Waals surface area contributed by atoms with Gasteiger partial charge in [0, 0.05) is 13.0 Å². The number of carbonyl (C=O) groups is 1. The Balaban J connectivity index is 1.44. The summed E-state index contributed by atoms with van der Waals surface area (Å²) in [6.07, 6.45) is 3.40. The lowest BCUT2D eigenvalue weighted by molar-refractivity contribution is -0.139. The standard InChI is InChI=1S/C20H22N4O3/c1-26-18-5-4-15-10-17(3-2-16(15)11-18)19-12-23(8-9-27-19)20(25)6-7-24-14-21-13-22-24/h2-5,10-11,13-14,19H,6-9,12H2,1H3. The molecular formula is C20H22N4O3. The van der Waals surface area contributed by atoms with Gasteiger partial charge in [0.1, 0.15) is 24.5 Å². The monoisotopic (exact) mass is 366 g/mol. The molecule has 0 N–H and O–H groups in total. The molecule has 1 aliphatic heterocycles. The molecule has 0 saturated carbocycles. The largest absolute Gasteiger partial charge is 0.497 e. The summed E-state index contributed by atoms with van der Waals surface area (Å²) in [6.45, 7) is 2.27. The molecule has 1 fully saturated rings. The Labute approximate surface area is 157 Å². The fourth-order valence-corrected chi connectivity index (χ4v) is 3.36. The van der Waals surface area contributed by atoms with Gasteiger partial charge in [-0.25, -0.2) is 4.98 Å². The van der Waals surface area contributed by atoms with Crippen molar-refractivity contribution in [3.8, 4) is 5.75 Å². The third-order valence-electron chi connectivity index (χ3n) is 4.88. The summed E-state index contributed by atoms with van der Waals surface area (Å²) in [5.74, 6) is 0.956. The molecule has 3 aromatic rings. The summed E-state index contributed by atoms with van der Waals surface area (Å²) in [4.78, 5) is 18.3. The van der Waals surface area contributed by atoms with Crippen LogP contribution in [0.4, 0.5) is 0 Å². The predicted molar refractivity (Wildman–Crippen MR) is 100 cm³/mol. The van der Waals surface area contributed by atoms with Gasteiger partial charge in [0.05, 0.1) is 26.8 Å². The van der Waals surface area contributed by atoms with Crippen LogP contribution >= 0.6 is 0 Å².